The number of nitrogens with zero attached hydrogens (tertiary/aromatic N) is 3. The third-order valence-corrected chi connectivity index (χ3v) is 7.07. The second kappa shape index (κ2) is 9.23. The Bertz CT molecular complexity index is 1430. The number of aliphatic hydroxyl groups excluding tert-OH is 1. The first-order valence-electron chi connectivity index (χ1n) is 10.9. The Morgan fingerprint density at radius 2 is 1.74 bits per heavy atom. The number of aliphatic hydroxyl groups is 1. The van der Waals surface area contributed by atoms with Crippen LogP contribution in [-0.2, 0) is 11.3 Å². The van der Waals surface area contributed by atoms with E-state index in [4.69, 9.17) is 0 Å². The molecule has 1 aliphatic heterocycles. The summed E-state index contributed by atoms with van der Waals surface area (Å²) in [6.07, 6.45) is 3.21. The third kappa shape index (κ3) is 4.24. The number of pyridine rings is 1. The molecule has 1 N–H and O–H groups in total. The number of carbonyl (C=O) groups is 2. The Morgan fingerprint density at radius 3 is 2.43 bits per heavy atom. The Hall–Kier alpha value is -4.17. The molecule has 0 saturated heterocycles. The zero-order chi connectivity index (χ0) is 24.5. The molecule has 2 aromatic carbocycles. The van der Waals surface area contributed by atoms with E-state index in [1.54, 1.807) is 31.5 Å². The van der Waals surface area contributed by atoms with Crippen LogP contribution >= 0.6 is 11.3 Å². The summed E-state index contributed by atoms with van der Waals surface area (Å²) >= 11 is 1.21. The monoisotopic (exact) mass is 485 g/mol. The van der Waals surface area contributed by atoms with Crippen LogP contribution in [0.1, 0.15) is 32.5 Å². The minimum atomic E-state index is -0.884. The van der Waals surface area contributed by atoms with Gasteiger partial charge in [-0.2, -0.15) is 0 Å². The summed E-state index contributed by atoms with van der Waals surface area (Å²) in [5.41, 5.74) is 2.64. The maximum absolute atomic E-state index is 13.8. The number of hydrogen-bond donors (Lipinski definition) is 1. The van der Waals surface area contributed by atoms with Crippen molar-refractivity contribution in [1.82, 2.24) is 14.9 Å². The van der Waals surface area contributed by atoms with Crippen LogP contribution in [0.3, 0.4) is 0 Å². The molecule has 0 saturated carbocycles. The largest absolute Gasteiger partial charge is 0.503 e. The molecular weight excluding hydrogens is 465 g/mol. The molecular formula is C27H20FN3O3S. The molecule has 4 aromatic rings. The van der Waals surface area contributed by atoms with E-state index in [0.717, 1.165) is 11.1 Å². The minimum Gasteiger partial charge on any atom is -0.503 e. The lowest BCUT2D eigenvalue weighted by molar-refractivity contribution is -0.130. The number of amides is 1. The van der Waals surface area contributed by atoms with Gasteiger partial charge in [-0.1, -0.05) is 42.5 Å². The smallest absolute Gasteiger partial charge is 0.290 e. The minimum absolute atomic E-state index is 0.0398. The highest BCUT2D eigenvalue weighted by Gasteiger charge is 2.44. The van der Waals surface area contributed by atoms with Gasteiger partial charge in [0.15, 0.2) is 5.76 Å². The number of ketones is 1. The summed E-state index contributed by atoms with van der Waals surface area (Å²) in [6.45, 7) is 1.87. The molecule has 6 nitrogen and oxygen atoms in total. The first-order valence-corrected chi connectivity index (χ1v) is 11.7. The van der Waals surface area contributed by atoms with E-state index in [1.807, 2.05) is 30.3 Å². The Morgan fingerprint density at radius 1 is 1.06 bits per heavy atom. The van der Waals surface area contributed by atoms with E-state index in [9.17, 15) is 19.1 Å². The molecule has 0 fully saturated rings. The van der Waals surface area contributed by atoms with E-state index >= 15 is 0 Å². The van der Waals surface area contributed by atoms with Crippen molar-refractivity contribution in [3.8, 4) is 10.6 Å². The van der Waals surface area contributed by atoms with Gasteiger partial charge in [0.25, 0.3) is 5.91 Å². The van der Waals surface area contributed by atoms with Crippen LogP contribution in [0.25, 0.3) is 10.6 Å². The highest BCUT2D eigenvalue weighted by molar-refractivity contribution is 7.17. The van der Waals surface area contributed by atoms with Crippen LogP contribution in [0.4, 0.5) is 4.39 Å². The molecule has 5 rings (SSSR count). The fourth-order valence-electron chi connectivity index (χ4n) is 4.16. The maximum atomic E-state index is 13.8. The summed E-state index contributed by atoms with van der Waals surface area (Å²) in [5.74, 6) is -2.18. The van der Waals surface area contributed by atoms with E-state index < -0.39 is 29.3 Å². The van der Waals surface area contributed by atoms with Gasteiger partial charge in [-0.3, -0.25) is 14.6 Å². The van der Waals surface area contributed by atoms with Crippen molar-refractivity contribution in [1.29, 1.82) is 0 Å². The van der Waals surface area contributed by atoms with Crippen molar-refractivity contribution in [2.24, 2.45) is 0 Å². The number of aromatic nitrogens is 2. The van der Waals surface area contributed by atoms with Gasteiger partial charge in [-0.05, 0) is 42.3 Å². The quantitative estimate of drug-likeness (QED) is 0.368. The second-order valence-corrected chi connectivity index (χ2v) is 9.13. The van der Waals surface area contributed by atoms with Crippen molar-refractivity contribution in [2.45, 2.75) is 19.5 Å². The summed E-state index contributed by atoms with van der Waals surface area (Å²) in [4.78, 5) is 37.3. The Kier molecular flexibility index (Phi) is 5.96. The van der Waals surface area contributed by atoms with Crippen molar-refractivity contribution >= 4 is 23.0 Å². The molecule has 2 aromatic heterocycles. The van der Waals surface area contributed by atoms with Gasteiger partial charge in [0.1, 0.15) is 10.8 Å². The lowest BCUT2D eigenvalue weighted by atomic mass is 9.95. The highest BCUT2D eigenvalue weighted by atomic mass is 32.1. The van der Waals surface area contributed by atoms with Gasteiger partial charge >= 0.3 is 0 Å². The molecule has 1 amide bonds. The van der Waals surface area contributed by atoms with Crippen molar-refractivity contribution < 1.29 is 19.1 Å². The van der Waals surface area contributed by atoms with E-state index in [-0.39, 0.29) is 12.1 Å². The zero-order valence-corrected chi connectivity index (χ0v) is 19.5. The highest BCUT2D eigenvalue weighted by Crippen LogP contribution is 2.41. The Balaban J connectivity index is 1.58. The van der Waals surface area contributed by atoms with Crippen LogP contribution in [-0.4, -0.2) is 31.7 Å². The molecule has 35 heavy (non-hydrogen) atoms. The van der Waals surface area contributed by atoms with Crippen LogP contribution in [0.15, 0.2) is 90.5 Å². The van der Waals surface area contributed by atoms with Crippen LogP contribution in [0.5, 0.6) is 0 Å². The van der Waals surface area contributed by atoms with Crippen LogP contribution < -0.4 is 0 Å². The SMILES string of the molecule is Cc1nc(-c2ccccc2)sc1C(=O)C1=C(O)C(=O)N(Cc2ccncc2)C1c1ccc(F)cc1. The predicted molar refractivity (Wildman–Crippen MR) is 130 cm³/mol. The number of aryl methyl sites for hydroxylation is 1. The summed E-state index contributed by atoms with van der Waals surface area (Å²) < 4.78 is 13.7. The number of hydrogen-bond acceptors (Lipinski definition) is 6. The third-order valence-electron chi connectivity index (χ3n) is 5.86. The molecule has 1 unspecified atom stereocenters. The first-order chi connectivity index (χ1) is 16.9. The molecule has 3 heterocycles. The fourth-order valence-corrected chi connectivity index (χ4v) is 5.18. The Labute approximate surface area is 205 Å². The van der Waals surface area contributed by atoms with Gasteiger partial charge in [0.05, 0.1) is 22.2 Å². The topological polar surface area (TPSA) is 83.4 Å². The first kappa shape index (κ1) is 22.6. The van der Waals surface area contributed by atoms with E-state index in [0.29, 0.717) is 21.1 Å². The van der Waals surface area contributed by atoms with Gasteiger partial charge in [0.2, 0.25) is 5.78 Å². The molecule has 8 heteroatoms. The van der Waals surface area contributed by atoms with Crippen LogP contribution in [0.2, 0.25) is 0 Å². The van der Waals surface area contributed by atoms with Gasteiger partial charge in [-0.25, -0.2) is 9.37 Å². The van der Waals surface area contributed by atoms with Crippen molar-refractivity contribution in [2.75, 3.05) is 0 Å². The molecule has 0 bridgehead atoms. The fraction of sp³-hybridized carbons (Fsp3) is 0.111. The van der Waals surface area contributed by atoms with Gasteiger partial charge in [0, 0.05) is 24.5 Å². The summed E-state index contributed by atoms with van der Waals surface area (Å²) in [6, 6.07) is 17.7. The molecule has 1 atom stereocenters. The lowest BCUT2D eigenvalue weighted by Crippen LogP contribution is -2.30. The average Bonchev–Trinajstić information content (AvgIpc) is 3.38. The molecule has 0 spiro atoms. The molecule has 0 radical (unpaired) electrons. The standard InChI is InChI=1S/C27H20FN3O3S/c1-16-25(35-26(30-16)19-5-3-2-4-6-19)23(32)21-22(18-7-9-20(28)10-8-18)31(27(34)24(21)33)15-17-11-13-29-14-12-17/h2-14,22,33H,15H2,1H3. The van der Waals surface area contributed by atoms with E-state index in [1.165, 1.54) is 40.5 Å². The van der Waals surface area contributed by atoms with E-state index in [2.05, 4.69) is 9.97 Å². The summed E-state index contributed by atoms with van der Waals surface area (Å²) in [7, 11) is 0. The average molecular weight is 486 g/mol. The normalized spacial score (nSPS) is 15.7. The van der Waals surface area contributed by atoms with Gasteiger partial charge in [-0.15, -0.1) is 11.3 Å². The van der Waals surface area contributed by atoms with Gasteiger partial charge < -0.3 is 10.0 Å². The number of carbonyl (C=O) groups excluding carboxylic acids is 2. The van der Waals surface area contributed by atoms with Crippen molar-refractivity contribution in [3.05, 3.63) is 118 Å². The number of halogens is 1. The molecule has 1 aliphatic rings. The maximum Gasteiger partial charge on any atom is 0.290 e. The molecule has 0 aliphatic carbocycles. The summed E-state index contributed by atoms with van der Waals surface area (Å²) in [5, 5.41) is 11.6. The van der Waals surface area contributed by atoms with Crippen molar-refractivity contribution in [3.63, 3.8) is 0 Å². The number of thiazole rings is 1. The zero-order valence-electron chi connectivity index (χ0n) is 18.7. The number of Topliss-reactive ketones (excluding diaryl/α,β-unsaturated/α-hetero) is 1. The predicted octanol–water partition coefficient (Wildman–Crippen LogP) is 5.43. The number of benzene rings is 2. The molecule has 174 valence electrons. The number of rotatable bonds is 6. The van der Waals surface area contributed by atoms with Crippen LogP contribution in [0, 0.1) is 12.7 Å². The lowest BCUT2D eigenvalue weighted by Gasteiger charge is -2.27. The second-order valence-electron chi connectivity index (χ2n) is 8.13.